The average Bonchev–Trinajstić information content (AvgIpc) is 2.82. The summed E-state index contributed by atoms with van der Waals surface area (Å²) >= 11 is 0. The van der Waals surface area contributed by atoms with Crippen LogP contribution in [-0.4, -0.2) is 28.1 Å². The van der Waals surface area contributed by atoms with Gasteiger partial charge in [0.25, 0.3) is 11.5 Å². The lowest BCUT2D eigenvalue weighted by Crippen LogP contribution is -2.37. The molecule has 32 heavy (non-hydrogen) atoms. The number of nitrogens with zero attached hydrogens (tertiary/aromatic N) is 2. The predicted octanol–water partition coefficient (Wildman–Crippen LogP) is 2.44. The number of rotatable bonds is 7. The zero-order chi connectivity index (χ0) is 22.5. The average molecular weight is 426 g/mol. The SMILES string of the molecule is NC(=O)c1nn(CC(=O)NCC(c2ccccc2)c2ccccc2)c(=O)c2ccccc12. The van der Waals surface area contributed by atoms with E-state index in [2.05, 4.69) is 10.4 Å². The Hall–Kier alpha value is -4.26. The Morgan fingerprint density at radius 3 is 1.94 bits per heavy atom. The van der Waals surface area contributed by atoms with Crippen LogP contribution < -0.4 is 16.6 Å². The van der Waals surface area contributed by atoms with Crippen molar-refractivity contribution in [2.45, 2.75) is 12.5 Å². The molecule has 0 radical (unpaired) electrons. The second-order valence-corrected chi connectivity index (χ2v) is 7.40. The van der Waals surface area contributed by atoms with Crippen molar-refractivity contribution in [2.24, 2.45) is 5.73 Å². The molecule has 2 amide bonds. The lowest BCUT2D eigenvalue weighted by Gasteiger charge is -2.19. The second kappa shape index (κ2) is 9.26. The van der Waals surface area contributed by atoms with Crippen molar-refractivity contribution in [2.75, 3.05) is 6.54 Å². The molecule has 0 bridgehead atoms. The summed E-state index contributed by atoms with van der Waals surface area (Å²) in [6.07, 6.45) is 0. The Bertz CT molecular complexity index is 1280. The number of primary amides is 1. The van der Waals surface area contributed by atoms with Crippen LogP contribution in [0.4, 0.5) is 0 Å². The Balaban J connectivity index is 1.57. The third kappa shape index (κ3) is 4.41. The molecule has 0 spiro atoms. The van der Waals surface area contributed by atoms with Gasteiger partial charge >= 0.3 is 0 Å². The van der Waals surface area contributed by atoms with Crippen molar-refractivity contribution in [3.63, 3.8) is 0 Å². The van der Waals surface area contributed by atoms with Crippen LogP contribution in [0.1, 0.15) is 27.5 Å². The first kappa shape index (κ1) is 21.0. The molecule has 0 fully saturated rings. The standard InChI is InChI=1S/C25H22N4O3/c26-24(31)23-19-13-7-8-14-20(19)25(32)29(28-23)16-22(30)27-15-21(17-9-3-1-4-10-17)18-11-5-2-6-12-18/h1-14,21H,15-16H2,(H2,26,31)(H,27,30). The molecule has 160 valence electrons. The molecule has 0 aliphatic heterocycles. The third-order valence-corrected chi connectivity index (χ3v) is 5.30. The van der Waals surface area contributed by atoms with E-state index in [-0.39, 0.29) is 29.4 Å². The number of aromatic nitrogens is 2. The number of benzene rings is 3. The van der Waals surface area contributed by atoms with Gasteiger partial charge in [0.1, 0.15) is 6.54 Å². The fraction of sp³-hybridized carbons (Fsp3) is 0.120. The first-order valence-corrected chi connectivity index (χ1v) is 10.2. The van der Waals surface area contributed by atoms with E-state index in [1.165, 1.54) is 0 Å². The molecule has 3 N–H and O–H groups in total. The smallest absolute Gasteiger partial charge is 0.275 e. The van der Waals surface area contributed by atoms with Gasteiger partial charge in [0.2, 0.25) is 5.91 Å². The van der Waals surface area contributed by atoms with E-state index in [9.17, 15) is 14.4 Å². The summed E-state index contributed by atoms with van der Waals surface area (Å²) in [4.78, 5) is 37.3. The van der Waals surface area contributed by atoms with Gasteiger partial charge in [-0.05, 0) is 17.2 Å². The van der Waals surface area contributed by atoms with Crippen LogP contribution in [0.2, 0.25) is 0 Å². The van der Waals surface area contributed by atoms with E-state index in [0.717, 1.165) is 15.8 Å². The quantitative estimate of drug-likeness (QED) is 0.473. The van der Waals surface area contributed by atoms with E-state index in [0.29, 0.717) is 11.9 Å². The molecule has 7 heteroatoms. The van der Waals surface area contributed by atoms with E-state index in [1.54, 1.807) is 24.3 Å². The second-order valence-electron chi connectivity index (χ2n) is 7.40. The fourth-order valence-electron chi connectivity index (χ4n) is 3.73. The van der Waals surface area contributed by atoms with Gasteiger partial charge in [0.15, 0.2) is 5.69 Å². The molecule has 0 saturated carbocycles. The molecule has 0 aliphatic rings. The number of hydrogen-bond donors (Lipinski definition) is 2. The summed E-state index contributed by atoms with van der Waals surface area (Å²) in [5.74, 6) is -1.20. The van der Waals surface area contributed by atoms with Gasteiger partial charge in [0.05, 0.1) is 5.39 Å². The maximum Gasteiger partial charge on any atom is 0.275 e. The predicted molar refractivity (Wildman–Crippen MR) is 122 cm³/mol. The highest BCUT2D eigenvalue weighted by Crippen LogP contribution is 2.23. The molecular formula is C25H22N4O3. The Morgan fingerprint density at radius 2 is 1.38 bits per heavy atom. The number of carbonyl (C=O) groups excluding carboxylic acids is 2. The van der Waals surface area contributed by atoms with Gasteiger partial charge in [-0.2, -0.15) is 5.10 Å². The van der Waals surface area contributed by atoms with Gasteiger partial charge in [-0.25, -0.2) is 4.68 Å². The van der Waals surface area contributed by atoms with Gasteiger partial charge in [0, 0.05) is 17.8 Å². The van der Waals surface area contributed by atoms with Crippen molar-refractivity contribution < 1.29 is 9.59 Å². The van der Waals surface area contributed by atoms with E-state index in [1.807, 2.05) is 60.7 Å². The molecule has 3 aromatic carbocycles. The minimum absolute atomic E-state index is 0.0422. The highest BCUT2D eigenvalue weighted by atomic mass is 16.2. The first-order chi connectivity index (χ1) is 15.5. The number of fused-ring (bicyclic) bond motifs is 1. The molecule has 0 saturated heterocycles. The molecule has 0 unspecified atom stereocenters. The van der Waals surface area contributed by atoms with E-state index in [4.69, 9.17) is 5.73 Å². The summed E-state index contributed by atoms with van der Waals surface area (Å²) in [5, 5.41) is 7.61. The number of nitrogens with two attached hydrogens (primary N) is 1. The normalized spacial score (nSPS) is 10.9. The monoisotopic (exact) mass is 426 g/mol. The lowest BCUT2D eigenvalue weighted by atomic mass is 9.91. The zero-order valence-corrected chi connectivity index (χ0v) is 17.3. The summed E-state index contributed by atoms with van der Waals surface area (Å²) < 4.78 is 0.984. The summed E-state index contributed by atoms with van der Waals surface area (Å²) in [7, 11) is 0. The van der Waals surface area contributed by atoms with Crippen molar-refractivity contribution in [1.29, 1.82) is 0 Å². The highest BCUT2D eigenvalue weighted by molar-refractivity contribution is 6.04. The van der Waals surface area contributed by atoms with Gasteiger partial charge in [-0.15, -0.1) is 0 Å². The summed E-state index contributed by atoms with van der Waals surface area (Å²) in [5.41, 5.74) is 7.07. The van der Waals surface area contributed by atoms with Gasteiger partial charge in [-0.1, -0.05) is 78.9 Å². The Morgan fingerprint density at radius 1 is 0.844 bits per heavy atom. The van der Waals surface area contributed by atoms with E-state index >= 15 is 0 Å². The van der Waals surface area contributed by atoms with Crippen LogP contribution in [0.3, 0.4) is 0 Å². The Kier molecular flexibility index (Phi) is 6.07. The molecule has 4 rings (SSSR count). The van der Waals surface area contributed by atoms with Crippen LogP contribution in [0, 0.1) is 0 Å². The highest BCUT2D eigenvalue weighted by Gasteiger charge is 2.18. The molecule has 7 nitrogen and oxygen atoms in total. The molecule has 4 aromatic rings. The van der Waals surface area contributed by atoms with Crippen molar-refractivity contribution in [3.05, 3.63) is 112 Å². The van der Waals surface area contributed by atoms with Crippen molar-refractivity contribution in [3.8, 4) is 0 Å². The third-order valence-electron chi connectivity index (χ3n) is 5.30. The van der Waals surface area contributed by atoms with Crippen LogP contribution >= 0.6 is 0 Å². The van der Waals surface area contributed by atoms with Gasteiger partial charge in [-0.3, -0.25) is 14.4 Å². The Labute approximate surface area is 184 Å². The van der Waals surface area contributed by atoms with Gasteiger partial charge < -0.3 is 11.1 Å². The maximum atomic E-state index is 12.8. The van der Waals surface area contributed by atoms with Crippen LogP contribution in [0.5, 0.6) is 0 Å². The number of nitrogens with one attached hydrogen (secondary N) is 1. The van der Waals surface area contributed by atoms with Crippen LogP contribution in [0.15, 0.2) is 89.7 Å². The first-order valence-electron chi connectivity index (χ1n) is 10.2. The van der Waals surface area contributed by atoms with Crippen molar-refractivity contribution >= 4 is 22.6 Å². The minimum atomic E-state index is -0.761. The largest absolute Gasteiger partial charge is 0.364 e. The topological polar surface area (TPSA) is 107 Å². The zero-order valence-electron chi connectivity index (χ0n) is 17.3. The maximum absolute atomic E-state index is 12.8. The minimum Gasteiger partial charge on any atom is -0.364 e. The molecule has 0 aliphatic carbocycles. The van der Waals surface area contributed by atoms with Crippen LogP contribution in [-0.2, 0) is 11.3 Å². The molecule has 1 heterocycles. The van der Waals surface area contributed by atoms with Crippen LogP contribution in [0.25, 0.3) is 10.8 Å². The fourth-order valence-corrected chi connectivity index (χ4v) is 3.73. The van der Waals surface area contributed by atoms with E-state index < -0.39 is 11.5 Å². The summed E-state index contributed by atoms with van der Waals surface area (Å²) in [6.45, 7) is 0.0259. The lowest BCUT2D eigenvalue weighted by molar-refractivity contribution is -0.121. The summed E-state index contributed by atoms with van der Waals surface area (Å²) in [6, 6.07) is 26.3. The number of carbonyl (C=O) groups is 2. The molecular weight excluding hydrogens is 404 g/mol. The number of amides is 2. The molecule has 0 atom stereocenters. The molecule has 1 aromatic heterocycles. The number of hydrogen-bond acceptors (Lipinski definition) is 4. The van der Waals surface area contributed by atoms with Crippen molar-refractivity contribution in [1.82, 2.24) is 15.1 Å².